The molecule has 15 nitrogen and oxygen atoms in total. The number of carboxylic acid groups (broad SMARTS) is 2. The first-order valence-corrected chi connectivity index (χ1v) is 13.9. The fourth-order valence-corrected chi connectivity index (χ4v) is 4.63. The second kappa shape index (κ2) is 13.9. The Labute approximate surface area is 248 Å². The summed E-state index contributed by atoms with van der Waals surface area (Å²) in [7, 11) is 0. The van der Waals surface area contributed by atoms with E-state index in [0.29, 0.717) is 29.2 Å². The van der Waals surface area contributed by atoms with E-state index in [9.17, 15) is 29.4 Å². The van der Waals surface area contributed by atoms with Crippen molar-refractivity contribution in [3.63, 3.8) is 0 Å². The van der Waals surface area contributed by atoms with E-state index in [1.807, 2.05) is 0 Å². The summed E-state index contributed by atoms with van der Waals surface area (Å²) in [5, 5.41) is 27.1. The van der Waals surface area contributed by atoms with Crippen molar-refractivity contribution in [2.45, 2.75) is 19.0 Å². The predicted molar refractivity (Wildman–Crippen MR) is 159 cm³/mol. The van der Waals surface area contributed by atoms with Crippen LogP contribution < -0.4 is 27.4 Å². The third kappa shape index (κ3) is 8.04. The molecule has 1 unspecified atom stereocenters. The minimum atomic E-state index is -1.21. The summed E-state index contributed by atoms with van der Waals surface area (Å²) in [4.78, 5) is 64.5. The van der Waals surface area contributed by atoms with Crippen LogP contribution in [0, 0.1) is 0 Å². The van der Waals surface area contributed by atoms with E-state index in [1.54, 1.807) is 30.3 Å². The van der Waals surface area contributed by atoms with Crippen LogP contribution in [-0.4, -0.2) is 71.6 Å². The van der Waals surface area contributed by atoms with Gasteiger partial charge in [0.1, 0.15) is 6.04 Å². The van der Waals surface area contributed by atoms with Crippen LogP contribution in [0.3, 0.4) is 0 Å². The van der Waals surface area contributed by atoms with Gasteiger partial charge in [-0.3, -0.25) is 9.59 Å². The Balaban J connectivity index is 1.24. The molecule has 0 saturated carbocycles. The van der Waals surface area contributed by atoms with Crippen molar-refractivity contribution in [1.29, 1.82) is 0 Å². The van der Waals surface area contributed by atoms with E-state index in [-0.39, 0.29) is 46.4 Å². The van der Waals surface area contributed by atoms with Crippen molar-refractivity contribution in [3.8, 4) is 0 Å². The highest BCUT2D eigenvalue weighted by molar-refractivity contribution is 7.99. The van der Waals surface area contributed by atoms with Gasteiger partial charge >= 0.3 is 11.9 Å². The number of nitrogens with one attached hydrogen (secondary N) is 3. The average Bonchev–Trinajstić information content (AvgIpc) is 2.99. The normalized spacial score (nSPS) is 11.4. The van der Waals surface area contributed by atoms with Gasteiger partial charge in [0.25, 0.3) is 11.8 Å². The van der Waals surface area contributed by atoms with Gasteiger partial charge in [0.05, 0.1) is 35.4 Å². The molecule has 4 aromatic rings. The van der Waals surface area contributed by atoms with Crippen LogP contribution in [0.15, 0.2) is 54.7 Å². The number of benzene rings is 2. The van der Waals surface area contributed by atoms with Gasteiger partial charge in [0, 0.05) is 11.3 Å². The number of hydrogen-bond donors (Lipinski definition) is 7. The van der Waals surface area contributed by atoms with E-state index in [4.69, 9.17) is 11.5 Å². The molecule has 43 heavy (non-hydrogen) atoms. The molecule has 0 bridgehead atoms. The Morgan fingerprint density at radius 3 is 2.33 bits per heavy atom. The van der Waals surface area contributed by atoms with Crippen molar-refractivity contribution in [2.24, 2.45) is 0 Å². The van der Waals surface area contributed by atoms with Gasteiger partial charge in [-0.2, -0.15) is 9.97 Å². The molecule has 0 radical (unpaired) electrons. The Morgan fingerprint density at radius 2 is 1.63 bits per heavy atom. The Bertz CT molecular complexity index is 1670. The summed E-state index contributed by atoms with van der Waals surface area (Å²) in [5.41, 5.74) is 13.5. The maximum atomic E-state index is 12.7. The molecule has 16 heteroatoms. The molecular formula is C27H27N9O6S. The number of fused-ring (bicyclic) bond motifs is 1. The van der Waals surface area contributed by atoms with Crippen molar-refractivity contribution in [3.05, 3.63) is 77.1 Å². The quantitative estimate of drug-likeness (QED) is 0.0844. The molecular weight excluding hydrogens is 578 g/mol. The topological polar surface area (TPSA) is 248 Å². The van der Waals surface area contributed by atoms with Crippen LogP contribution in [-0.2, 0) is 11.3 Å². The lowest BCUT2D eigenvalue weighted by Gasteiger charge is -2.15. The van der Waals surface area contributed by atoms with Crippen LogP contribution in [0.4, 0.5) is 17.5 Å². The second-order valence-corrected chi connectivity index (χ2v) is 10.1. The number of anilines is 3. The minimum absolute atomic E-state index is 0.00589. The van der Waals surface area contributed by atoms with E-state index >= 15 is 0 Å². The number of hydrogen-bond acceptors (Lipinski definition) is 12. The molecule has 222 valence electrons. The lowest BCUT2D eigenvalue weighted by Crippen LogP contribution is -2.41. The van der Waals surface area contributed by atoms with E-state index < -0.39 is 29.8 Å². The first-order chi connectivity index (χ1) is 20.6. The Hall–Kier alpha value is -5.51. The Morgan fingerprint density at radius 1 is 0.907 bits per heavy atom. The van der Waals surface area contributed by atoms with Crippen molar-refractivity contribution < 1.29 is 29.4 Å². The third-order valence-corrected chi connectivity index (χ3v) is 6.89. The van der Waals surface area contributed by atoms with Crippen molar-refractivity contribution >= 4 is 64.1 Å². The number of carbonyl (C=O) groups is 4. The first-order valence-electron chi connectivity index (χ1n) is 12.7. The van der Waals surface area contributed by atoms with Crippen LogP contribution in [0.25, 0.3) is 11.2 Å². The maximum Gasteiger partial charge on any atom is 0.336 e. The van der Waals surface area contributed by atoms with Crippen LogP contribution in [0.2, 0.25) is 0 Å². The first kappa shape index (κ1) is 30.4. The Kier molecular flexibility index (Phi) is 9.85. The van der Waals surface area contributed by atoms with Gasteiger partial charge in [0.15, 0.2) is 17.0 Å². The highest BCUT2D eigenvalue weighted by Crippen LogP contribution is 2.16. The molecule has 0 aliphatic heterocycles. The number of aromatic carboxylic acids is 1. The average molecular weight is 606 g/mol. The third-order valence-electron chi connectivity index (χ3n) is 6.01. The smallest absolute Gasteiger partial charge is 0.336 e. The maximum absolute atomic E-state index is 12.7. The number of aromatic nitrogens is 4. The van der Waals surface area contributed by atoms with Gasteiger partial charge in [-0.25, -0.2) is 19.6 Å². The molecule has 0 fully saturated rings. The van der Waals surface area contributed by atoms with E-state index in [1.165, 1.54) is 36.2 Å². The van der Waals surface area contributed by atoms with Gasteiger partial charge < -0.3 is 37.6 Å². The number of thioether (sulfide) groups is 1. The number of amides is 2. The molecule has 1 atom stereocenters. The van der Waals surface area contributed by atoms with E-state index in [2.05, 4.69) is 35.9 Å². The zero-order valence-corrected chi connectivity index (χ0v) is 23.3. The minimum Gasteiger partial charge on any atom is -0.480 e. The number of rotatable bonds is 13. The van der Waals surface area contributed by atoms with Crippen LogP contribution in [0.1, 0.15) is 43.2 Å². The number of carbonyl (C=O) groups excluding carboxylic acids is 2. The SMILES string of the molecule is Nc1nc(N)c2nc(CNc3ccc(C(=O)NC(CCSCNC(=O)c4ccccc4C(=O)O)C(=O)O)cc3)cnc2n1. The van der Waals surface area contributed by atoms with Crippen LogP contribution >= 0.6 is 11.8 Å². The molecule has 2 amide bonds. The molecule has 0 aliphatic carbocycles. The number of aliphatic carboxylic acids is 1. The molecule has 0 saturated heterocycles. The molecule has 4 rings (SSSR count). The lowest BCUT2D eigenvalue weighted by atomic mass is 10.1. The standard InChI is InChI=1S/C27H27N9O6S/c28-21-20-22(36-27(29)35-21)31-12-16(33-20)11-30-15-7-5-14(6-8-15)23(37)34-19(26(41)42)9-10-43-13-32-24(38)17-3-1-2-4-18(17)25(39)40/h1-8,12,19,30H,9-11,13H2,(H,32,38)(H,34,37)(H,39,40)(H,41,42)(H4,28,29,31,35,36). The van der Waals surface area contributed by atoms with Crippen molar-refractivity contribution in [2.75, 3.05) is 28.4 Å². The largest absolute Gasteiger partial charge is 0.480 e. The molecule has 0 aliphatic rings. The van der Waals surface area contributed by atoms with Gasteiger partial charge in [-0.05, 0) is 48.6 Å². The summed E-state index contributed by atoms with van der Waals surface area (Å²) >= 11 is 1.24. The van der Waals surface area contributed by atoms with Crippen molar-refractivity contribution in [1.82, 2.24) is 30.6 Å². The lowest BCUT2D eigenvalue weighted by molar-refractivity contribution is -0.139. The zero-order valence-electron chi connectivity index (χ0n) is 22.5. The van der Waals surface area contributed by atoms with Gasteiger partial charge in [-0.1, -0.05) is 12.1 Å². The number of nitrogens with zero attached hydrogens (tertiary/aromatic N) is 4. The van der Waals surface area contributed by atoms with Gasteiger partial charge in [0.2, 0.25) is 5.95 Å². The summed E-state index contributed by atoms with van der Waals surface area (Å²) in [6.45, 7) is 0.295. The number of nitrogen functional groups attached to an aromatic ring is 2. The summed E-state index contributed by atoms with van der Waals surface area (Å²) in [6.07, 6.45) is 1.63. The molecule has 9 N–H and O–H groups in total. The molecule has 2 aromatic carbocycles. The second-order valence-electron chi connectivity index (χ2n) is 8.99. The highest BCUT2D eigenvalue weighted by atomic mass is 32.2. The number of carboxylic acids is 2. The van der Waals surface area contributed by atoms with Crippen LogP contribution in [0.5, 0.6) is 0 Å². The summed E-state index contributed by atoms with van der Waals surface area (Å²) in [6, 6.07) is 11.1. The number of nitrogens with two attached hydrogens (primary N) is 2. The molecule has 0 spiro atoms. The fraction of sp³-hybridized carbons (Fsp3) is 0.185. The van der Waals surface area contributed by atoms with E-state index in [0.717, 1.165) is 0 Å². The molecule has 2 heterocycles. The monoisotopic (exact) mass is 605 g/mol. The zero-order chi connectivity index (χ0) is 30.9. The predicted octanol–water partition coefficient (Wildman–Crippen LogP) is 1.59. The summed E-state index contributed by atoms with van der Waals surface area (Å²) < 4.78 is 0. The van der Waals surface area contributed by atoms with Gasteiger partial charge in [-0.15, -0.1) is 11.8 Å². The summed E-state index contributed by atoms with van der Waals surface area (Å²) in [5.74, 6) is -2.96. The highest BCUT2D eigenvalue weighted by Gasteiger charge is 2.21. The fourth-order valence-electron chi connectivity index (χ4n) is 3.85. The molecule has 2 aromatic heterocycles.